The van der Waals surface area contributed by atoms with Gasteiger partial charge in [-0.3, -0.25) is 24.0 Å². The van der Waals surface area contributed by atoms with Gasteiger partial charge in [-0.2, -0.15) is 0 Å². The molecular weight excluding hydrogens is 420 g/mol. The SMILES string of the molecule is O=C1C2=C(OC3(C(=O)c4ccccc4C3=O)C23C(=O)c2ccccc2C3=O)c2ccccc21. The Labute approximate surface area is 186 Å². The molecular formula is C27H12O6. The molecule has 0 atom stereocenters. The Bertz CT molecular complexity index is 1520. The Morgan fingerprint density at radius 1 is 0.485 bits per heavy atom. The predicted octanol–water partition coefficient (Wildman–Crippen LogP) is 3.51. The van der Waals surface area contributed by atoms with E-state index in [1.165, 1.54) is 24.3 Å². The topological polar surface area (TPSA) is 94.6 Å². The fourth-order valence-corrected chi connectivity index (χ4v) is 5.83. The van der Waals surface area contributed by atoms with Crippen LogP contribution in [0.4, 0.5) is 0 Å². The number of benzene rings is 3. The van der Waals surface area contributed by atoms with E-state index in [0.717, 1.165) is 0 Å². The molecule has 0 radical (unpaired) electrons. The summed E-state index contributed by atoms with van der Waals surface area (Å²) < 4.78 is 6.17. The highest BCUT2D eigenvalue weighted by atomic mass is 16.5. The molecule has 1 aliphatic heterocycles. The van der Waals surface area contributed by atoms with Gasteiger partial charge in [0.25, 0.3) is 5.60 Å². The molecule has 3 aromatic rings. The first kappa shape index (κ1) is 18.2. The van der Waals surface area contributed by atoms with E-state index in [1.54, 1.807) is 48.5 Å². The monoisotopic (exact) mass is 432 g/mol. The van der Waals surface area contributed by atoms with Crippen LogP contribution in [0.5, 0.6) is 0 Å². The van der Waals surface area contributed by atoms with Crippen molar-refractivity contribution in [2.45, 2.75) is 5.60 Å². The third kappa shape index (κ3) is 1.65. The molecule has 3 aliphatic carbocycles. The molecule has 6 heteroatoms. The molecule has 0 saturated heterocycles. The fourth-order valence-electron chi connectivity index (χ4n) is 5.83. The molecule has 0 bridgehead atoms. The standard InChI is InChI=1S/C27H12O6/c28-20-13-7-1-2-8-14(13)21-19(20)26(22(29)15-9-3-4-10-16(15)23(26)30)27(33-21)24(31)17-11-5-6-12-18(17)25(27)32/h1-12H. The molecule has 0 amide bonds. The van der Waals surface area contributed by atoms with Gasteiger partial charge in [-0.15, -0.1) is 0 Å². The second kappa shape index (κ2) is 5.48. The Hall–Kier alpha value is -4.45. The van der Waals surface area contributed by atoms with Crippen molar-refractivity contribution in [2.75, 3.05) is 0 Å². The lowest BCUT2D eigenvalue weighted by atomic mass is 9.61. The van der Waals surface area contributed by atoms with Crippen molar-refractivity contribution in [2.24, 2.45) is 5.41 Å². The smallest absolute Gasteiger partial charge is 0.258 e. The van der Waals surface area contributed by atoms with Crippen molar-refractivity contribution in [3.8, 4) is 0 Å². The molecule has 0 N–H and O–H groups in total. The average Bonchev–Trinajstić information content (AvgIpc) is 3.47. The van der Waals surface area contributed by atoms with Crippen molar-refractivity contribution in [1.29, 1.82) is 0 Å². The lowest BCUT2D eigenvalue weighted by Gasteiger charge is -2.35. The number of rotatable bonds is 0. The maximum atomic E-state index is 14.1. The van der Waals surface area contributed by atoms with E-state index in [4.69, 9.17) is 4.74 Å². The van der Waals surface area contributed by atoms with Crippen molar-refractivity contribution < 1.29 is 28.7 Å². The first-order chi connectivity index (χ1) is 16.0. The fraction of sp³-hybridized carbons (Fsp3) is 0.0741. The van der Waals surface area contributed by atoms with Gasteiger partial charge in [0.1, 0.15) is 5.76 Å². The van der Waals surface area contributed by atoms with E-state index in [9.17, 15) is 24.0 Å². The highest BCUT2D eigenvalue weighted by Gasteiger charge is 2.82. The second-order valence-corrected chi connectivity index (χ2v) is 8.52. The van der Waals surface area contributed by atoms with Crippen LogP contribution in [0, 0.1) is 5.41 Å². The van der Waals surface area contributed by atoms with Gasteiger partial charge in [-0.25, -0.2) is 0 Å². The normalized spacial score (nSPS) is 20.4. The molecule has 6 nitrogen and oxygen atoms in total. The van der Waals surface area contributed by atoms with Crippen LogP contribution in [0.1, 0.15) is 57.4 Å². The number of carbonyl (C=O) groups excluding carboxylic acids is 5. The first-order valence-corrected chi connectivity index (χ1v) is 10.4. The Kier molecular flexibility index (Phi) is 3.01. The zero-order chi connectivity index (χ0) is 22.7. The van der Waals surface area contributed by atoms with Gasteiger partial charge in [-0.05, 0) is 0 Å². The van der Waals surface area contributed by atoms with Crippen LogP contribution in [0.15, 0.2) is 78.4 Å². The summed E-state index contributed by atoms with van der Waals surface area (Å²) in [5.41, 5.74) is -4.21. The maximum absolute atomic E-state index is 14.1. The van der Waals surface area contributed by atoms with E-state index < -0.39 is 39.9 Å². The van der Waals surface area contributed by atoms with Crippen molar-refractivity contribution >= 4 is 34.7 Å². The molecule has 0 unspecified atom stereocenters. The highest BCUT2D eigenvalue weighted by Crippen LogP contribution is 2.64. The van der Waals surface area contributed by atoms with Gasteiger partial charge < -0.3 is 4.74 Å². The minimum Gasteiger partial charge on any atom is -0.468 e. The molecule has 1 heterocycles. The van der Waals surface area contributed by atoms with Gasteiger partial charge in [0.05, 0.1) is 5.57 Å². The average molecular weight is 432 g/mol. The highest BCUT2D eigenvalue weighted by molar-refractivity contribution is 6.48. The van der Waals surface area contributed by atoms with Gasteiger partial charge in [-0.1, -0.05) is 72.8 Å². The third-order valence-electron chi connectivity index (χ3n) is 7.18. The van der Waals surface area contributed by atoms with Gasteiger partial charge >= 0.3 is 0 Å². The van der Waals surface area contributed by atoms with E-state index in [2.05, 4.69) is 0 Å². The number of hydrogen-bond donors (Lipinski definition) is 0. The largest absolute Gasteiger partial charge is 0.468 e. The van der Waals surface area contributed by atoms with E-state index in [1.807, 2.05) is 0 Å². The van der Waals surface area contributed by atoms with Gasteiger partial charge in [0, 0.05) is 33.4 Å². The Morgan fingerprint density at radius 2 is 0.879 bits per heavy atom. The van der Waals surface area contributed by atoms with Crippen LogP contribution < -0.4 is 0 Å². The van der Waals surface area contributed by atoms with Crippen molar-refractivity contribution in [3.63, 3.8) is 0 Å². The lowest BCUT2D eigenvalue weighted by Crippen LogP contribution is -2.61. The summed E-state index contributed by atoms with van der Waals surface area (Å²) in [6, 6.07) is 18.8. The summed E-state index contributed by atoms with van der Waals surface area (Å²) in [4.78, 5) is 69.6. The lowest BCUT2D eigenvalue weighted by molar-refractivity contribution is 0.00594. The molecule has 33 heavy (non-hydrogen) atoms. The third-order valence-corrected chi connectivity index (χ3v) is 7.18. The molecule has 0 fully saturated rings. The zero-order valence-electron chi connectivity index (χ0n) is 16.9. The Balaban J connectivity index is 1.62. The summed E-state index contributed by atoms with van der Waals surface area (Å²) in [6.07, 6.45) is 0. The molecule has 0 aromatic heterocycles. The minimum atomic E-state index is -2.49. The number of hydrogen-bond acceptors (Lipinski definition) is 6. The summed E-state index contributed by atoms with van der Waals surface area (Å²) >= 11 is 0. The predicted molar refractivity (Wildman–Crippen MR) is 114 cm³/mol. The molecule has 156 valence electrons. The number of fused-ring (bicyclic) bond motifs is 6. The molecule has 3 aromatic carbocycles. The van der Waals surface area contributed by atoms with Gasteiger partial charge in [0.2, 0.25) is 11.6 Å². The van der Waals surface area contributed by atoms with Gasteiger partial charge in [0.15, 0.2) is 22.8 Å². The molecule has 2 spiro atoms. The van der Waals surface area contributed by atoms with Crippen LogP contribution in [0.25, 0.3) is 5.76 Å². The second-order valence-electron chi connectivity index (χ2n) is 8.52. The zero-order valence-corrected chi connectivity index (χ0v) is 16.9. The maximum Gasteiger partial charge on any atom is 0.258 e. The van der Waals surface area contributed by atoms with Crippen LogP contribution >= 0.6 is 0 Å². The van der Waals surface area contributed by atoms with Crippen LogP contribution in [0.2, 0.25) is 0 Å². The molecule has 4 aliphatic rings. The van der Waals surface area contributed by atoms with Crippen molar-refractivity contribution in [3.05, 3.63) is 112 Å². The van der Waals surface area contributed by atoms with E-state index >= 15 is 0 Å². The number of ether oxygens (including phenoxy) is 1. The minimum absolute atomic E-state index is 0.0420. The number of ketones is 5. The van der Waals surface area contributed by atoms with Crippen molar-refractivity contribution in [1.82, 2.24) is 0 Å². The number of carbonyl (C=O) groups is 5. The molecule has 7 rings (SSSR count). The van der Waals surface area contributed by atoms with Crippen LogP contribution in [-0.2, 0) is 4.74 Å². The summed E-state index contributed by atoms with van der Waals surface area (Å²) in [5, 5.41) is 0. The first-order valence-electron chi connectivity index (χ1n) is 10.4. The van der Waals surface area contributed by atoms with E-state index in [0.29, 0.717) is 5.56 Å². The quantitative estimate of drug-likeness (QED) is 0.505. The van der Waals surface area contributed by atoms with E-state index in [-0.39, 0.29) is 39.1 Å². The van der Waals surface area contributed by atoms with Crippen LogP contribution in [-0.4, -0.2) is 34.5 Å². The summed E-state index contributed by atoms with van der Waals surface area (Å²) in [7, 11) is 0. The Morgan fingerprint density at radius 3 is 1.36 bits per heavy atom. The summed E-state index contributed by atoms with van der Waals surface area (Å²) in [5.74, 6) is -3.70. The van der Waals surface area contributed by atoms with Crippen LogP contribution in [0.3, 0.4) is 0 Å². The summed E-state index contributed by atoms with van der Waals surface area (Å²) in [6.45, 7) is 0. The number of Topliss-reactive ketones (excluding diaryl/α,β-unsaturated/α-hetero) is 5. The molecule has 0 saturated carbocycles.